The van der Waals surface area contributed by atoms with Crippen molar-refractivity contribution in [3.05, 3.63) is 128 Å². The summed E-state index contributed by atoms with van der Waals surface area (Å²) in [5.41, 5.74) is 1.92. The van der Waals surface area contributed by atoms with Gasteiger partial charge in [0.05, 0.1) is 29.8 Å². The molecular weight excluding hydrogens is 872 g/mol. The topological polar surface area (TPSA) is 210 Å². The molecule has 6 N–H and O–H groups in total. The molecule has 2 aliphatic heterocycles. The van der Waals surface area contributed by atoms with Crippen molar-refractivity contribution in [3.63, 3.8) is 0 Å². The second kappa shape index (κ2) is 22.0. The minimum Gasteiger partial charge on any atom is -0.494 e. The number of rotatable bonds is 14. The molecule has 0 aromatic heterocycles. The van der Waals surface area contributed by atoms with Crippen molar-refractivity contribution in [2.75, 3.05) is 24.7 Å². The highest BCUT2D eigenvalue weighted by Crippen LogP contribution is 2.38. The Morgan fingerprint density at radius 3 is 1.43 bits per heavy atom. The molecule has 0 radical (unpaired) electrons. The molecule has 1 unspecified atom stereocenters. The highest BCUT2D eigenvalue weighted by Gasteiger charge is 2.49. The van der Waals surface area contributed by atoms with E-state index in [1.807, 2.05) is 68.4 Å². The summed E-state index contributed by atoms with van der Waals surface area (Å²) in [5, 5.41) is 62.9. The van der Waals surface area contributed by atoms with Crippen LogP contribution in [0.2, 0.25) is 10.0 Å². The SMILES string of the molecule is CCOc1ccc(Cc2cc([C@@H]3O[C@@H](S(=O)(=O)CC)[C@@H](O)[C@H](O)[C@H]3O)ccc2Cl)cc1.CCOc1ccc(Cc2cc([C@@H]3O[C@H](S(=O)CC)[C@@H](O)[C@H](O)[C@H]3O)ccc2Cl)cc1. The summed E-state index contributed by atoms with van der Waals surface area (Å²) in [5.74, 6) is 1.55. The van der Waals surface area contributed by atoms with Crippen LogP contribution in [0.3, 0.4) is 0 Å². The fourth-order valence-electron chi connectivity index (χ4n) is 7.08. The van der Waals surface area contributed by atoms with Crippen molar-refractivity contribution >= 4 is 43.8 Å². The molecule has 61 heavy (non-hydrogen) atoms. The molecule has 2 heterocycles. The predicted molar refractivity (Wildman–Crippen MR) is 233 cm³/mol. The third-order valence-corrected chi connectivity index (χ3v) is 14.6. The fraction of sp³-hybridized carbons (Fsp3) is 0.455. The largest absolute Gasteiger partial charge is 0.494 e. The second-order valence-electron chi connectivity index (χ2n) is 14.6. The number of hydrogen-bond acceptors (Lipinski definition) is 13. The van der Waals surface area contributed by atoms with E-state index < -0.39 is 80.3 Å². The van der Waals surface area contributed by atoms with Gasteiger partial charge in [-0.25, -0.2) is 8.42 Å². The van der Waals surface area contributed by atoms with E-state index in [9.17, 15) is 43.3 Å². The lowest BCUT2D eigenvalue weighted by Gasteiger charge is -2.40. The van der Waals surface area contributed by atoms with Crippen LogP contribution < -0.4 is 9.47 Å². The summed E-state index contributed by atoms with van der Waals surface area (Å²) in [7, 11) is -5.32. The first-order valence-electron chi connectivity index (χ1n) is 20.0. The maximum atomic E-state index is 12.3. The van der Waals surface area contributed by atoms with Crippen LogP contribution in [0, 0.1) is 0 Å². The minimum atomic E-state index is -3.82. The van der Waals surface area contributed by atoms with E-state index >= 15 is 0 Å². The van der Waals surface area contributed by atoms with Gasteiger partial charge >= 0.3 is 0 Å². The number of benzene rings is 4. The first-order valence-corrected chi connectivity index (χ1v) is 23.9. The Morgan fingerprint density at radius 2 is 1.02 bits per heavy atom. The van der Waals surface area contributed by atoms with E-state index in [0.717, 1.165) is 33.8 Å². The van der Waals surface area contributed by atoms with Gasteiger partial charge in [-0.05, 0) is 96.5 Å². The van der Waals surface area contributed by atoms with E-state index in [4.69, 9.17) is 42.1 Å². The molecule has 334 valence electrons. The number of sulfone groups is 1. The molecule has 2 fully saturated rings. The Morgan fingerprint density at radius 1 is 0.590 bits per heavy atom. The number of halogens is 2. The maximum Gasteiger partial charge on any atom is 0.187 e. The second-order valence-corrected chi connectivity index (χ2v) is 19.6. The molecular formula is C44H54Cl2O13S2. The maximum absolute atomic E-state index is 12.3. The Hall–Kier alpha value is -3.16. The molecule has 2 saturated heterocycles. The molecule has 4 aromatic carbocycles. The van der Waals surface area contributed by atoms with Gasteiger partial charge in [0, 0.05) is 15.8 Å². The minimum absolute atomic E-state index is 0.265. The molecule has 11 atom stereocenters. The van der Waals surface area contributed by atoms with Gasteiger partial charge in [0.2, 0.25) is 0 Å². The Labute approximate surface area is 369 Å². The summed E-state index contributed by atoms with van der Waals surface area (Å²) in [6.45, 7) is 8.14. The van der Waals surface area contributed by atoms with Crippen LogP contribution in [0.1, 0.15) is 73.3 Å². The van der Waals surface area contributed by atoms with Crippen LogP contribution in [-0.4, -0.2) is 115 Å². The van der Waals surface area contributed by atoms with Gasteiger partial charge in [0.25, 0.3) is 0 Å². The average molecular weight is 926 g/mol. The normalized spacial score (nSPS) is 27.1. The van der Waals surface area contributed by atoms with Crippen molar-refractivity contribution in [2.45, 2.75) is 100 Å². The molecule has 2 aliphatic rings. The molecule has 0 saturated carbocycles. The molecule has 0 amide bonds. The van der Waals surface area contributed by atoms with Gasteiger partial charge in [-0.15, -0.1) is 0 Å². The highest BCUT2D eigenvalue weighted by atomic mass is 35.5. The Kier molecular flexibility index (Phi) is 17.6. The highest BCUT2D eigenvalue weighted by molar-refractivity contribution is 7.91. The van der Waals surface area contributed by atoms with Crippen LogP contribution in [-0.2, 0) is 43.0 Å². The van der Waals surface area contributed by atoms with Crippen molar-refractivity contribution in [3.8, 4) is 11.5 Å². The number of hydrogen-bond donors (Lipinski definition) is 6. The van der Waals surface area contributed by atoms with Gasteiger partial charge in [0.15, 0.2) is 20.7 Å². The van der Waals surface area contributed by atoms with Crippen LogP contribution in [0.5, 0.6) is 11.5 Å². The third-order valence-electron chi connectivity index (χ3n) is 10.5. The number of aliphatic hydroxyl groups excluding tert-OH is 6. The molecule has 0 spiro atoms. The molecule has 0 aliphatic carbocycles. The van der Waals surface area contributed by atoms with Crippen molar-refractivity contribution in [1.82, 2.24) is 0 Å². The number of aliphatic hydroxyl groups is 6. The van der Waals surface area contributed by atoms with Gasteiger partial charge in [0.1, 0.15) is 60.3 Å². The van der Waals surface area contributed by atoms with Gasteiger partial charge in [-0.1, -0.05) is 85.6 Å². The van der Waals surface area contributed by atoms with Crippen LogP contribution in [0.4, 0.5) is 0 Å². The summed E-state index contributed by atoms with van der Waals surface area (Å²) in [6, 6.07) is 25.5. The van der Waals surface area contributed by atoms with Crippen LogP contribution in [0.25, 0.3) is 0 Å². The molecule has 13 nitrogen and oxygen atoms in total. The first kappa shape index (κ1) is 48.9. The van der Waals surface area contributed by atoms with E-state index in [0.29, 0.717) is 47.2 Å². The monoisotopic (exact) mass is 924 g/mol. The van der Waals surface area contributed by atoms with E-state index in [1.54, 1.807) is 37.3 Å². The standard InChI is InChI=1S/C22H27ClO7S.C22H27ClO6S/c1-3-29-16-8-5-13(6-9-16)11-15-12-14(7-10-17(15)23)21-19(25)18(24)20(26)22(30-21)31(27,28)4-2;1-3-28-16-8-5-13(6-9-16)11-15-12-14(7-10-17(15)23)21-19(25)18(24)20(26)22(29-21)30(27)4-2/h5-10,12,18-22,24-26H,3-4,11H2,1-2H3;5-10,12,18-22,24-26H,3-4,11H2,1-2H3/t18-,19-,20+,21+,22+;18-,19-,20+,21+,22-,30?/m11/s1. The third kappa shape index (κ3) is 11.9. The zero-order valence-electron chi connectivity index (χ0n) is 34.2. The van der Waals surface area contributed by atoms with Crippen LogP contribution >= 0.6 is 23.2 Å². The Bertz CT molecular complexity index is 2180. The summed E-state index contributed by atoms with van der Waals surface area (Å²) < 4.78 is 59.2. The predicted octanol–water partition coefficient (Wildman–Crippen LogP) is 4.82. The van der Waals surface area contributed by atoms with Gasteiger partial charge in [-0.2, -0.15) is 0 Å². The zero-order valence-corrected chi connectivity index (χ0v) is 37.4. The summed E-state index contributed by atoms with van der Waals surface area (Å²) >= 11 is 12.8. The fourth-order valence-corrected chi connectivity index (χ4v) is 9.70. The lowest BCUT2D eigenvalue weighted by Crippen LogP contribution is -2.56. The van der Waals surface area contributed by atoms with Gasteiger partial charge in [-0.3, -0.25) is 4.21 Å². The first-order chi connectivity index (χ1) is 29.0. The van der Waals surface area contributed by atoms with Crippen molar-refractivity contribution in [1.29, 1.82) is 0 Å². The molecule has 17 heteroatoms. The lowest BCUT2D eigenvalue weighted by molar-refractivity contribution is -0.202. The summed E-state index contributed by atoms with van der Waals surface area (Å²) in [4.78, 5) is 0. The lowest BCUT2D eigenvalue weighted by atomic mass is 9.92. The number of ether oxygens (including phenoxy) is 4. The van der Waals surface area contributed by atoms with Crippen molar-refractivity contribution < 1.29 is 62.2 Å². The Balaban J connectivity index is 0.000000231. The van der Waals surface area contributed by atoms with Crippen LogP contribution in [0.15, 0.2) is 84.9 Å². The molecule has 6 rings (SSSR count). The quantitative estimate of drug-likeness (QED) is 0.100. The van der Waals surface area contributed by atoms with E-state index in [1.165, 1.54) is 6.92 Å². The van der Waals surface area contributed by atoms with E-state index in [2.05, 4.69) is 0 Å². The average Bonchev–Trinajstić information content (AvgIpc) is 3.25. The zero-order chi connectivity index (χ0) is 44.6. The van der Waals surface area contributed by atoms with Crippen molar-refractivity contribution in [2.24, 2.45) is 0 Å². The smallest absolute Gasteiger partial charge is 0.187 e. The summed E-state index contributed by atoms with van der Waals surface area (Å²) in [6.07, 6.45) is -10.2. The molecule has 0 bridgehead atoms. The van der Waals surface area contributed by atoms with Gasteiger partial charge < -0.3 is 49.6 Å². The molecule has 4 aromatic rings. The van der Waals surface area contributed by atoms with E-state index in [-0.39, 0.29) is 11.5 Å².